The predicted octanol–water partition coefficient (Wildman–Crippen LogP) is 3.58. The molecule has 3 unspecified atom stereocenters. The Morgan fingerprint density at radius 3 is 2.65 bits per heavy atom. The van der Waals surface area contributed by atoms with Crippen LogP contribution in [0, 0.1) is 23.2 Å². The number of nitrogens with zero attached hydrogens (tertiary/aromatic N) is 2. The zero-order valence-electron chi connectivity index (χ0n) is 11.2. The average molecular weight is 234 g/mol. The highest BCUT2D eigenvalue weighted by Gasteiger charge is 2.31. The van der Waals surface area contributed by atoms with Gasteiger partial charge in [-0.05, 0) is 51.1 Å². The Kier molecular flexibility index (Phi) is 4.86. The summed E-state index contributed by atoms with van der Waals surface area (Å²) in [6.45, 7) is 4.79. The third-order valence-electron chi connectivity index (χ3n) is 4.82. The SMILES string of the molecule is CCC1CCCN(C2CCCCC2C#N)CC1. The highest BCUT2D eigenvalue weighted by molar-refractivity contribution is 4.96. The zero-order chi connectivity index (χ0) is 12.1. The molecule has 0 aromatic carbocycles. The van der Waals surface area contributed by atoms with Gasteiger partial charge in [-0.3, -0.25) is 4.90 Å². The van der Waals surface area contributed by atoms with Gasteiger partial charge >= 0.3 is 0 Å². The van der Waals surface area contributed by atoms with Crippen LogP contribution in [0.2, 0.25) is 0 Å². The molecule has 0 aromatic rings. The second-order valence-corrected chi connectivity index (χ2v) is 5.83. The van der Waals surface area contributed by atoms with E-state index >= 15 is 0 Å². The fraction of sp³-hybridized carbons (Fsp3) is 0.933. The maximum atomic E-state index is 9.28. The molecule has 0 amide bonds. The van der Waals surface area contributed by atoms with Crippen LogP contribution in [0.15, 0.2) is 0 Å². The molecule has 2 fully saturated rings. The second-order valence-electron chi connectivity index (χ2n) is 5.83. The van der Waals surface area contributed by atoms with E-state index in [9.17, 15) is 5.26 Å². The first-order valence-corrected chi connectivity index (χ1v) is 7.48. The fourth-order valence-corrected chi connectivity index (χ4v) is 3.63. The molecule has 0 spiro atoms. The van der Waals surface area contributed by atoms with E-state index in [4.69, 9.17) is 0 Å². The van der Waals surface area contributed by atoms with Gasteiger partial charge in [-0.2, -0.15) is 5.26 Å². The molecule has 0 aromatic heterocycles. The Bertz CT molecular complexity index is 269. The van der Waals surface area contributed by atoms with Crippen LogP contribution in [-0.4, -0.2) is 24.0 Å². The van der Waals surface area contributed by atoms with E-state index < -0.39 is 0 Å². The standard InChI is InChI=1S/C15H26N2/c1-2-13-6-5-10-17(11-9-13)15-8-4-3-7-14(15)12-16/h13-15H,2-11H2,1H3. The topological polar surface area (TPSA) is 27.0 Å². The molecule has 0 radical (unpaired) electrons. The Labute approximate surface area is 106 Å². The van der Waals surface area contributed by atoms with Crippen molar-refractivity contribution in [2.24, 2.45) is 11.8 Å². The molecule has 1 saturated carbocycles. The van der Waals surface area contributed by atoms with Gasteiger partial charge in [0.1, 0.15) is 0 Å². The van der Waals surface area contributed by atoms with E-state index in [0.717, 1.165) is 12.3 Å². The maximum Gasteiger partial charge on any atom is 0.0672 e. The number of hydrogen-bond donors (Lipinski definition) is 0. The van der Waals surface area contributed by atoms with Crippen LogP contribution < -0.4 is 0 Å². The van der Waals surface area contributed by atoms with E-state index in [1.807, 2.05) is 0 Å². The fourth-order valence-electron chi connectivity index (χ4n) is 3.63. The van der Waals surface area contributed by atoms with Crippen molar-refractivity contribution in [1.29, 1.82) is 5.26 Å². The molecule has 96 valence electrons. The summed E-state index contributed by atoms with van der Waals surface area (Å²) < 4.78 is 0. The Morgan fingerprint density at radius 1 is 1.06 bits per heavy atom. The van der Waals surface area contributed by atoms with E-state index in [-0.39, 0.29) is 0 Å². The first-order chi connectivity index (χ1) is 8.35. The van der Waals surface area contributed by atoms with Crippen molar-refractivity contribution in [3.63, 3.8) is 0 Å². The van der Waals surface area contributed by atoms with Crippen LogP contribution in [0.3, 0.4) is 0 Å². The van der Waals surface area contributed by atoms with Crippen molar-refractivity contribution in [2.45, 2.75) is 64.3 Å². The number of likely N-dealkylation sites (tertiary alicyclic amines) is 1. The molecule has 1 aliphatic heterocycles. The molecule has 0 bridgehead atoms. The minimum atomic E-state index is 0.307. The average Bonchev–Trinajstić information content (AvgIpc) is 2.63. The lowest BCUT2D eigenvalue weighted by atomic mass is 9.84. The normalized spacial score (nSPS) is 36.1. The van der Waals surface area contributed by atoms with E-state index in [1.165, 1.54) is 58.0 Å². The van der Waals surface area contributed by atoms with Crippen LogP contribution in [0.4, 0.5) is 0 Å². The summed E-state index contributed by atoms with van der Waals surface area (Å²) in [7, 11) is 0. The largest absolute Gasteiger partial charge is 0.299 e. The van der Waals surface area contributed by atoms with Gasteiger partial charge in [-0.25, -0.2) is 0 Å². The molecule has 2 nitrogen and oxygen atoms in total. The van der Waals surface area contributed by atoms with Crippen LogP contribution in [-0.2, 0) is 0 Å². The van der Waals surface area contributed by atoms with E-state index in [0.29, 0.717) is 12.0 Å². The summed E-state index contributed by atoms with van der Waals surface area (Å²) in [4.78, 5) is 2.64. The predicted molar refractivity (Wildman–Crippen MR) is 70.6 cm³/mol. The molecule has 2 rings (SSSR count). The first kappa shape index (κ1) is 12.9. The van der Waals surface area contributed by atoms with Gasteiger partial charge in [0.05, 0.1) is 12.0 Å². The number of nitriles is 1. The van der Waals surface area contributed by atoms with Gasteiger partial charge in [-0.1, -0.05) is 26.2 Å². The highest BCUT2D eigenvalue weighted by Crippen LogP contribution is 2.30. The summed E-state index contributed by atoms with van der Waals surface area (Å²) in [6, 6.07) is 3.13. The van der Waals surface area contributed by atoms with Gasteiger partial charge in [0.2, 0.25) is 0 Å². The second kappa shape index (κ2) is 6.40. The lowest BCUT2D eigenvalue weighted by molar-refractivity contribution is 0.130. The summed E-state index contributed by atoms with van der Waals surface area (Å²) in [5, 5.41) is 9.28. The van der Waals surface area contributed by atoms with E-state index in [1.54, 1.807) is 0 Å². The number of rotatable bonds is 2. The Morgan fingerprint density at radius 2 is 1.88 bits per heavy atom. The van der Waals surface area contributed by atoms with Crippen LogP contribution in [0.25, 0.3) is 0 Å². The van der Waals surface area contributed by atoms with Crippen LogP contribution in [0.5, 0.6) is 0 Å². The maximum absolute atomic E-state index is 9.28. The molecule has 2 heteroatoms. The van der Waals surface area contributed by atoms with Crippen LogP contribution in [0.1, 0.15) is 58.3 Å². The van der Waals surface area contributed by atoms with Crippen LogP contribution >= 0.6 is 0 Å². The quantitative estimate of drug-likeness (QED) is 0.730. The Balaban J connectivity index is 1.94. The highest BCUT2D eigenvalue weighted by atomic mass is 15.2. The lowest BCUT2D eigenvalue weighted by Gasteiger charge is -2.36. The first-order valence-electron chi connectivity index (χ1n) is 7.48. The summed E-state index contributed by atoms with van der Waals surface area (Å²) in [5.41, 5.74) is 0. The summed E-state index contributed by atoms with van der Waals surface area (Å²) in [6.07, 6.45) is 10.4. The van der Waals surface area contributed by atoms with Crippen molar-refractivity contribution < 1.29 is 0 Å². The molecule has 1 aliphatic carbocycles. The summed E-state index contributed by atoms with van der Waals surface area (Å²) in [5.74, 6) is 1.24. The van der Waals surface area contributed by atoms with Crippen molar-refractivity contribution in [1.82, 2.24) is 4.90 Å². The van der Waals surface area contributed by atoms with E-state index in [2.05, 4.69) is 17.9 Å². The molecule has 17 heavy (non-hydrogen) atoms. The zero-order valence-corrected chi connectivity index (χ0v) is 11.2. The minimum absolute atomic E-state index is 0.307. The number of hydrogen-bond acceptors (Lipinski definition) is 2. The van der Waals surface area contributed by atoms with Gasteiger partial charge in [-0.15, -0.1) is 0 Å². The molecule has 1 heterocycles. The monoisotopic (exact) mass is 234 g/mol. The molecule has 2 aliphatic rings. The van der Waals surface area contributed by atoms with Gasteiger partial charge in [0.15, 0.2) is 0 Å². The molecule has 0 N–H and O–H groups in total. The molecule has 1 saturated heterocycles. The van der Waals surface area contributed by atoms with Crippen molar-refractivity contribution in [3.8, 4) is 6.07 Å². The van der Waals surface area contributed by atoms with Crippen molar-refractivity contribution in [2.75, 3.05) is 13.1 Å². The van der Waals surface area contributed by atoms with Gasteiger partial charge in [0, 0.05) is 6.04 Å². The minimum Gasteiger partial charge on any atom is -0.299 e. The molecular formula is C15H26N2. The smallest absolute Gasteiger partial charge is 0.0672 e. The third kappa shape index (κ3) is 3.22. The molecule has 3 atom stereocenters. The van der Waals surface area contributed by atoms with Crippen molar-refractivity contribution >= 4 is 0 Å². The third-order valence-corrected chi connectivity index (χ3v) is 4.82. The lowest BCUT2D eigenvalue weighted by Crippen LogP contribution is -2.42. The Hall–Kier alpha value is -0.550. The van der Waals surface area contributed by atoms with Gasteiger partial charge < -0.3 is 0 Å². The van der Waals surface area contributed by atoms with Crippen molar-refractivity contribution in [3.05, 3.63) is 0 Å². The summed E-state index contributed by atoms with van der Waals surface area (Å²) >= 11 is 0. The molecular weight excluding hydrogens is 208 g/mol. The van der Waals surface area contributed by atoms with Gasteiger partial charge in [0.25, 0.3) is 0 Å².